The van der Waals surface area contributed by atoms with Crippen LogP contribution in [0.25, 0.3) is 22.2 Å². The summed E-state index contributed by atoms with van der Waals surface area (Å²) in [5.74, 6) is 1.30. The highest BCUT2D eigenvalue weighted by Crippen LogP contribution is 2.34. The van der Waals surface area contributed by atoms with Crippen molar-refractivity contribution < 1.29 is 14.3 Å². The van der Waals surface area contributed by atoms with Gasteiger partial charge in [-0.1, -0.05) is 76.5 Å². The Hall–Kier alpha value is -3.08. The average Bonchev–Trinajstić information content (AvgIpc) is 2.88. The molecular weight excluding hydrogens is 424 g/mol. The quantitative estimate of drug-likeness (QED) is 0.258. The van der Waals surface area contributed by atoms with Gasteiger partial charge in [-0.3, -0.25) is 4.79 Å². The molecule has 0 saturated carbocycles. The Kier molecular flexibility index (Phi) is 10.2. The standard InChI is InChI=1S/C29H38N2O3/c1-4-5-6-7-8-9-10-11-14-19-30-29(32)25-21-27(31-26-16-13-12-15-23(25)26)24-18-17-22(33-2)20-28(24)34-3/h12-13,15-18,20-21H,4-11,14,19H2,1-3H3,(H,30,32). The van der Waals surface area contributed by atoms with Crippen LogP contribution in [0.5, 0.6) is 11.5 Å². The largest absolute Gasteiger partial charge is 0.497 e. The molecule has 1 heterocycles. The number of carbonyl (C=O) groups excluding carboxylic acids is 1. The molecule has 2 aromatic carbocycles. The van der Waals surface area contributed by atoms with Crippen molar-refractivity contribution in [2.45, 2.75) is 64.7 Å². The lowest BCUT2D eigenvalue weighted by Gasteiger charge is -2.13. The van der Waals surface area contributed by atoms with Crippen molar-refractivity contribution in [2.24, 2.45) is 0 Å². The summed E-state index contributed by atoms with van der Waals surface area (Å²) in [7, 11) is 3.25. The van der Waals surface area contributed by atoms with E-state index in [2.05, 4.69) is 12.2 Å². The third-order valence-corrected chi connectivity index (χ3v) is 6.21. The van der Waals surface area contributed by atoms with Gasteiger partial charge in [0.1, 0.15) is 11.5 Å². The van der Waals surface area contributed by atoms with Gasteiger partial charge in [-0.25, -0.2) is 4.98 Å². The van der Waals surface area contributed by atoms with E-state index in [1.54, 1.807) is 14.2 Å². The number of para-hydroxylation sites is 1. The Bertz CT molecular complexity index is 1060. The normalized spacial score (nSPS) is 10.9. The summed E-state index contributed by atoms with van der Waals surface area (Å²) in [6, 6.07) is 15.2. The molecule has 1 aromatic heterocycles. The molecule has 0 aliphatic heterocycles. The first-order valence-electron chi connectivity index (χ1n) is 12.6. The van der Waals surface area contributed by atoms with E-state index in [0.29, 0.717) is 29.3 Å². The molecule has 5 nitrogen and oxygen atoms in total. The number of amides is 1. The number of ether oxygens (including phenoxy) is 2. The molecule has 0 atom stereocenters. The summed E-state index contributed by atoms with van der Waals surface area (Å²) in [6.07, 6.45) is 11.4. The fourth-order valence-corrected chi connectivity index (χ4v) is 4.24. The van der Waals surface area contributed by atoms with Crippen molar-refractivity contribution in [2.75, 3.05) is 20.8 Å². The van der Waals surface area contributed by atoms with E-state index in [1.807, 2.05) is 48.5 Å². The maximum Gasteiger partial charge on any atom is 0.252 e. The molecule has 1 N–H and O–H groups in total. The van der Waals surface area contributed by atoms with Crippen LogP contribution in [0, 0.1) is 0 Å². The Labute approximate surface area is 203 Å². The first kappa shape index (κ1) is 25.5. The summed E-state index contributed by atoms with van der Waals surface area (Å²) in [4.78, 5) is 18.0. The van der Waals surface area contributed by atoms with Gasteiger partial charge in [0.05, 0.1) is 31.0 Å². The van der Waals surface area contributed by atoms with Crippen molar-refractivity contribution in [3.63, 3.8) is 0 Å². The number of unbranched alkanes of at least 4 members (excludes halogenated alkanes) is 8. The molecule has 0 bridgehead atoms. The Morgan fingerprint density at radius 1 is 0.853 bits per heavy atom. The number of carbonyl (C=O) groups is 1. The number of nitrogens with zero attached hydrogens (tertiary/aromatic N) is 1. The van der Waals surface area contributed by atoms with Crippen molar-refractivity contribution in [3.8, 4) is 22.8 Å². The summed E-state index contributed by atoms with van der Waals surface area (Å²) < 4.78 is 10.9. The Morgan fingerprint density at radius 2 is 1.56 bits per heavy atom. The fraction of sp³-hybridized carbons (Fsp3) is 0.448. The number of aromatic nitrogens is 1. The first-order valence-corrected chi connectivity index (χ1v) is 12.6. The lowest BCUT2D eigenvalue weighted by atomic mass is 10.0. The van der Waals surface area contributed by atoms with E-state index in [-0.39, 0.29) is 5.91 Å². The molecule has 0 aliphatic rings. The van der Waals surface area contributed by atoms with Crippen molar-refractivity contribution in [1.82, 2.24) is 10.3 Å². The van der Waals surface area contributed by atoms with E-state index < -0.39 is 0 Å². The minimum atomic E-state index is -0.0631. The predicted octanol–water partition coefficient (Wildman–Crippen LogP) is 7.18. The molecule has 3 rings (SSSR count). The van der Waals surface area contributed by atoms with Gasteiger partial charge in [-0.2, -0.15) is 0 Å². The molecule has 0 spiro atoms. The summed E-state index contributed by atoms with van der Waals surface area (Å²) >= 11 is 0. The maximum atomic E-state index is 13.1. The number of nitrogens with one attached hydrogen (secondary N) is 1. The highest BCUT2D eigenvalue weighted by atomic mass is 16.5. The fourth-order valence-electron chi connectivity index (χ4n) is 4.24. The SMILES string of the molecule is CCCCCCCCCCCNC(=O)c1cc(-c2ccc(OC)cc2OC)nc2ccccc12. The van der Waals surface area contributed by atoms with Gasteiger partial charge in [0.2, 0.25) is 0 Å². The average molecular weight is 463 g/mol. The highest BCUT2D eigenvalue weighted by molar-refractivity contribution is 6.07. The van der Waals surface area contributed by atoms with Crippen LogP contribution in [0.15, 0.2) is 48.5 Å². The second kappa shape index (κ2) is 13.6. The van der Waals surface area contributed by atoms with Crippen LogP contribution >= 0.6 is 0 Å². The molecule has 0 fully saturated rings. The molecule has 1 amide bonds. The van der Waals surface area contributed by atoms with E-state index >= 15 is 0 Å². The zero-order valence-corrected chi connectivity index (χ0v) is 20.9. The molecule has 0 radical (unpaired) electrons. The number of methoxy groups -OCH3 is 2. The van der Waals surface area contributed by atoms with E-state index in [4.69, 9.17) is 14.5 Å². The minimum absolute atomic E-state index is 0.0631. The lowest BCUT2D eigenvalue weighted by Crippen LogP contribution is -2.24. The minimum Gasteiger partial charge on any atom is -0.497 e. The summed E-state index contributed by atoms with van der Waals surface area (Å²) in [5.41, 5.74) is 2.94. The number of benzene rings is 2. The van der Waals surface area contributed by atoms with Gasteiger partial charge in [0.25, 0.3) is 5.91 Å². The van der Waals surface area contributed by atoms with Crippen LogP contribution in [-0.2, 0) is 0 Å². The Morgan fingerprint density at radius 3 is 2.26 bits per heavy atom. The van der Waals surface area contributed by atoms with Crippen molar-refractivity contribution in [3.05, 3.63) is 54.1 Å². The first-order chi connectivity index (χ1) is 16.7. The monoisotopic (exact) mass is 462 g/mol. The van der Waals surface area contributed by atoms with Gasteiger partial charge in [0.15, 0.2) is 0 Å². The highest BCUT2D eigenvalue weighted by Gasteiger charge is 2.16. The second-order valence-corrected chi connectivity index (χ2v) is 8.72. The molecule has 0 saturated heterocycles. The summed E-state index contributed by atoms with van der Waals surface area (Å²) in [5, 5.41) is 3.97. The van der Waals surface area contributed by atoms with Crippen molar-refractivity contribution in [1.29, 1.82) is 0 Å². The molecular formula is C29H38N2O3. The Balaban J connectivity index is 1.66. The van der Waals surface area contributed by atoms with Crippen LogP contribution in [0.4, 0.5) is 0 Å². The zero-order chi connectivity index (χ0) is 24.2. The number of pyridine rings is 1. The van der Waals surface area contributed by atoms with Gasteiger partial charge in [-0.15, -0.1) is 0 Å². The van der Waals surface area contributed by atoms with Crippen LogP contribution in [0.1, 0.15) is 75.1 Å². The van der Waals surface area contributed by atoms with Gasteiger partial charge >= 0.3 is 0 Å². The molecule has 34 heavy (non-hydrogen) atoms. The summed E-state index contributed by atoms with van der Waals surface area (Å²) in [6.45, 7) is 2.94. The van der Waals surface area contributed by atoms with Gasteiger partial charge < -0.3 is 14.8 Å². The van der Waals surface area contributed by atoms with Crippen LogP contribution in [0.2, 0.25) is 0 Å². The van der Waals surface area contributed by atoms with Crippen LogP contribution < -0.4 is 14.8 Å². The third kappa shape index (κ3) is 6.96. The number of rotatable bonds is 14. The van der Waals surface area contributed by atoms with E-state index in [0.717, 1.165) is 29.3 Å². The van der Waals surface area contributed by atoms with Gasteiger partial charge in [-0.05, 0) is 30.7 Å². The number of hydrogen-bond donors (Lipinski definition) is 1. The van der Waals surface area contributed by atoms with Crippen LogP contribution in [-0.4, -0.2) is 31.7 Å². The molecule has 3 aromatic rings. The van der Waals surface area contributed by atoms with E-state index in [9.17, 15) is 4.79 Å². The van der Waals surface area contributed by atoms with E-state index in [1.165, 1.54) is 44.9 Å². The second-order valence-electron chi connectivity index (χ2n) is 8.72. The van der Waals surface area contributed by atoms with Gasteiger partial charge in [0, 0.05) is 23.6 Å². The molecule has 0 unspecified atom stereocenters. The topological polar surface area (TPSA) is 60.5 Å². The molecule has 182 valence electrons. The molecule has 5 heteroatoms. The maximum absolute atomic E-state index is 13.1. The predicted molar refractivity (Wildman–Crippen MR) is 140 cm³/mol. The number of hydrogen-bond acceptors (Lipinski definition) is 4. The zero-order valence-electron chi connectivity index (χ0n) is 20.9. The van der Waals surface area contributed by atoms with Crippen molar-refractivity contribution >= 4 is 16.8 Å². The van der Waals surface area contributed by atoms with Crippen LogP contribution in [0.3, 0.4) is 0 Å². The lowest BCUT2D eigenvalue weighted by molar-refractivity contribution is 0.0954. The third-order valence-electron chi connectivity index (χ3n) is 6.21. The molecule has 0 aliphatic carbocycles. The number of fused-ring (bicyclic) bond motifs is 1. The smallest absolute Gasteiger partial charge is 0.252 e.